The maximum Gasteiger partial charge on any atom is 0.251 e. The Morgan fingerprint density at radius 2 is 1.86 bits per heavy atom. The van der Waals surface area contributed by atoms with Crippen LogP contribution in [0, 0.1) is 0 Å². The minimum absolute atomic E-state index is 0.167. The number of aromatic nitrogens is 3. The summed E-state index contributed by atoms with van der Waals surface area (Å²) in [5, 5.41) is 2.90. The van der Waals surface area contributed by atoms with Crippen LogP contribution in [0.5, 0.6) is 5.75 Å². The smallest absolute Gasteiger partial charge is 0.251 e. The maximum atomic E-state index is 12.5. The summed E-state index contributed by atoms with van der Waals surface area (Å²) in [4.78, 5) is 30.1. The molecule has 1 amide bonds. The lowest BCUT2D eigenvalue weighted by Crippen LogP contribution is -2.27. The highest BCUT2D eigenvalue weighted by atomic mass is 16.5. The maximum absolute atomic E-state index is 12.5. The van der Waals surface area contributed by atoms with E-state index in [0.717, 1.165) is 44.5 Å². The van der Waals surface area contributed by atoms with Gasteiger partial charge in [-0.05, 0) is 43.5 Å². The van der Waals surface area contributed by atoms with Crippen molar-refractivity contribution in [2.45, 2.75) is 39.2 Å². The lowest BCUT2D eigenvalue weighted by atomic mass is 10.2. The Kier molecular flexibility index (Phi) is 7.21. The van der Waals surface area contributed by atoms with Gasteiger partial charge in [-0.2, -0.15) is 15.0 Å². The number of unbranched alkanes of at least 4 members (excludes halogenated alkanes) is 1. The van der Waals surface area contributed by atoms with E-state index in [1.165, 1.54) is 0 Å². The zero-order valence-corrected chi connectivity index (χ0v) is 17.5. The van der Waals surface area contributed by atoms with E-state index in [0.29, 0.717) is 29.9 Å². The topological polar surface area (TPSA) is 83.5 Å². The molecule has 1 aromatic carbocycles. The van der Waals surface area contributed by atoms with Gasteiger partial charge >= 0.3 is 0 Å². The fourth-order valence-corrected chi connectivity index (χ4v) is 3.03. The van der Waals surface area contributed by atoms with E-state index >= 15 is 0 Å². The third-order valence-corrected chi connectivity index (χ3v) is 4.74. The Labute approximate surface area is 172 Å². The Bertz CT molecular complexity index is 803. The molecule has 8 nitrogen and oxygen atoms in total. The van der Waals surface area contributed by atoms with Gasteiger partial charge in [0.2, 0.25) is 11.9 Å². The molecule has 1 saturated heterocycles. The Morgan fingerprint density at radius 3 is 2.52 bits per heavy atom. The SMILES string of the molecule is CCCCOc1ccc(C(=O)NCc2nc(N(C)C)nc(N3CCCC3)n2)cc1. The molecule has 3 rings (SSSR count). The normalized spacial score (nSPS) is 13.4. The van der Waals surface area contributed by atoms with Gasteiger partial charge in [-0.3, -0.25) is 4.79 Å². The van der Waals surface area contributed by atoms with Crippen molar-refractivity contribution in [3.05, 3.63) is 35.7 Å². The average Bonchev–Trinajstić information content (AvgIpc) is 3.27. The van der Waals surface area contributed by atoms with Crippen LogP contribution in [0.4, 0.5) is 11.9 Å². The summed E-state index contributed by atoms with van der Waals surface area (Å²) in [5.74, 6) is 2.44. The predicted molar refractivity (Wildman–Crippen MR) is 114 cm³/mol. The van der Waals surface area contributed by atoms with E-state index in [9.17, 15) is 4.79 Å². The molecule has 8 heteroatoms. The first-order chi connectivity index (χ1) is 14.1. The first kappa shape index (κ1) is 20.8. The number of ether oxygens (including phenoxy) is 1. The number of carbonyl (C=O) groups is 1. The zero-order valence-electron chi connectivity index (χ0n) is 17.5. The summed E-state index contributed by atoms with van der Waals surface area (Å²) in [6, 6.07) is 7.18. The van der Waals surface area contributed by atoms with E-state index in [1.54, 1.807) is 12.1 Å². The van der Waals surface area contributed by atoms with Crippen LogP contribution in [0.3, 0.4) is 0 Å². The zero-order chi connectivity index (χ0) is 20.6. The monoisotopic (exact) mass is 398 g/mol. The van der Waals surface area contributed by atoms with E-state index < -0.39 is 0 Å². The van der Waals surface area contributed by atoms with Crippen LogP contribution < -0.4 is 19.9 Å². The number of carbonyl (C=O) groups excluding carboxylic acids is 1. The molecule has 0 bridgehead atoms. The quantitative estimate of drug-likeness (QED) is 0.650. The summed E-state index contributed by atoms with van der Waals surface area (Å²) < 4.78 is 5.64. The van der Waals surface area contributed by atoms with Crippen molar-refractivity contribution in [2.24, 2.45) is 0 Å². The molecule has 1 aromatic heterocycles. The minimum Gasteiger partial charge on any atom is -0.494 e. The van der Waals surface area contributed by atoms with Gasteiger partial charge in [0.05, 0.1) is 13.2 Å². The minimum atomic E-state index is -0.167. The summed E-state index contributed by atoms with van der Waals surface area (Å²) in [5.41, 5.74) is 0.578. The summed E-state index contributed by atoms with van der Waals surface area (Å²) >= 11 is 0. The number of benzene rings is 1. The van der Waals surface area contributed by atoms with Crippen molar-refractivity contribution < 1.29 is 9.53 Å². The van der Waals surface area contributed by atoms with Gasteiger partial charge in [0, 0.05) is 32.7 Å². The predicted octanol–water partition coefficient (Wildman–Crippen LogP) is 2.65. The molecular formula is C21H30N6O2. The fraction of sp³-hybridized carbons (Fsp3) is 0.524. The molecule has 0 atom stereocenters. The van der Waals surface area contributed by atoms with E-state index in [1.807, 2.05) is 31.1 Å². The molecule has 29 heavy (non-hydrogen) atoms. The highest BCUT2D eigenvalue weighted by Crippen LogP contribution is 2.18. The third-order valence-electron chi connectivity index (χ3n) is 4.74. The second kappa shape index (κ2) is 10.0. The van der Waals surface area contributed by atoms with Crippen molar-refractivity contribution >= 4 is 17.8 Å². The van der Waals surface area contributed by atoms with Gasteiger partial charge < -0.3 is 19.9 Å². The molecule has 156 valence electrons. The van der Waals surface area contributed by atoms with Crippen molar-refractivity contribution in [1.29, 1.82) is 0 Å². The van der Waals surface area contributed by atoms with Gasteiger partial charge in [-0.1, -0.05) is 13.3 Å². The highest BCUT2D eigenvalue weighted by Gasteiger charge is 2.18. The first-order valence-corrected chi connectivity index (χ1v) is 10.2. The largest absolute Gasteiger partial charge is 0.494 e. The Balaban J connectivity index is 1.63. The number of hydrogen-bond donors (Lipinski definition) is 1. The van der Waals surface area contributed by atoms with Gasteiger partial charge in [0.25, 0.3) is 5.91 Å². The number of nitrogens with zero attached hydrogens (tertiary/aromatic N) is 5. The molecule has 0 aliphatic carbocycles. The molecule has 2 aromatic rings. The lowest BCUT2D eigenvalue weighted by molar-refractivity contribution is 0.0950. The Hall–Kier alpha value is -2.90. The average molecular weight is 399 g/mol. The van der Waals surface area contributed by atoms with Crippen LogP contribution >= 0.6 is 0 Å². The highest BCUT2D eigenvalue weighted by molar-refractivity contribution is 5.94. The summed E-state index contributed by atoms with van der Waals surface area (Å²) in [6.07, 6.45) is 4.40. The molecule has 0 radical (unpaired) electrons. The van der Waals surface area contributed by atoms with Crippen molar-refractivity contribution in [3.8, 4) is 5.75 Å². The number of amides is 1. The van der Waals surface area contributed by atoms with E-state index in [4.69, 9.17) is 4.74 Å². The van der Waals surface area contributed by atoms with Gasteiger partial charge in [-0.15, -0.1) is 0 Å². The number of hydrogen-bond acceptors (Lipinski definition) is 7. The third kappa shape index (κ3) is 5.79. The molecule has 1 fully saturated rings. The lowest BCUT2D eigenvalue weighted by Gasteiger charge is -2.19. The summed E-state index contributed by atoms with van der Waals surface area (Å²) in [6.45, 7) is 4.97. The molecule has 0 spiro atoms. The van der Waals surface area contributed by atoms with Crippen LogP contribution in [0.15, 0.2) is 24.3 Å². The van der Waals surface area contributed by atoms with Gasteiger partial charge in [-0.25, -0.2) is 0 Å². The molecule has 1 aliphatic heterocycles. The van der Waals surface area contributed by atoms with E-state index in [2.05, 4.69) is 32.1 Å². The fourth-order valence-electron chi connectivity index (χ4n) is 3.03. The van der Waals surface area contributed by atoms with Crippen LogP contribution in [0.25, 0.3) is 0 Å². The molecular weight excluding hydrogens is 368 g/mol. The van der Waals surface area contributed by atoms with Crippen LogP contribution in [-0.2, 0) is 6.54 Å². The molecule has 2 heterocycles. The van der Waals surface area contributed by atoms with Crippen molar-refractivity contribution in [3.63, 3.8) is 0 Å². The number of anilines is 2. The van der Waals surface area contributed by atoms with Crippen molar-refractivity contribution in [2.75, 3.05) is 43.6 Å². The van der Waals surface area contributed by atoms with Crippen LogP contribution in [0.2, 0.25) is 0 Å². The van der Waals surface area contributed by atoms with Crippen molar-refractivity contribution in [1.82, 2.24) is 20.3 Å². The second-order valence-corrected chi connectivity index (χ2v) is 7.35. The summed E-state index contributed by atoms with van der Waals surface area (Å²) in [7, 11) is 3.80. The standard InChI is InChI=1S/C21H30N6O2/c1-4-5-14-29-17-10-8-16(9-11-17)19(28)22-15-18-23-20(26(2)3)25-21(24-18)27-12-6-7-13-27/h8-11H,4-7,12-15H2,1-3H3,(H,22,28). The van der Waals surface area contributed by atoms with Gasteiger partial charge in [0.15, 0.2) is 5.82 Å². The number of rotatable bonds is 9. The first-order valence-electron chi connectivity index (χ1n) is 10.2. The molecule has 0 unspecified atom stereocenters. The molecule has 0 saturated carbocycles. The number of nitrogens with one attached hydrogen (secondary N) is 1. The molecule has 1 aliphatic rings. The van der Waals surface area contributed by atoms with Gasteiger partial charge in [0.1, 0.15) is 5.75 Å². The second-order valence-electron chi connectivity index (χ2n) is 7.35. The van der Waals surface area contributed by atoms with Crippen LogP contribution in [0.1, 0.15) is 48.8 Å². The Morgan fingerprint density at radius 1 is 1.14 bits per heavy atom. The van der Waals surface area contributed by atoms with Crippen LogP contribution in [-0.4, -0.2) is 54.7 Å². The van der Waals surface area contributed by atoms with E-state index in [-0.39, 0.29) is 12.5 Å². The molecule has 1 N–H and O–H groups in total.